The number of hydrogen-bond acceptors (Lipinski definition) is 1. The largest absolute Gasteiger partial charge is 0.388 e. The lowest BCUT2D eigenvalue weighted by Crippen LogP contribution is -2.16. The number of unbranched alkanes of at least 4 members (excludes halogenated alkanes) is 1. The Bertz CT molecular complexity index is 474. The van der Waals surface area contributed by atoms with Crippen LogP contribution in [-0.4, -0.2) is 13.2 Å². The topological polar surface area (TPSA) is 20.2 Å². The van der Waals surface area contributed by atoms with E-state index in [1.54, 1.807) is 0 Å². The summed E-state index contributed by atoms with van der Waals surface area (Å²) in [5.74, 6) is 3.26. The van der Waals surface area contributed by atoms with Gasteiger partial charge in [-0.1, -0.05) is 49.8 Å². The Hall–Kier alpha value is -1.30. The summed E-state index contributed by atoms with van der Waals surface area (Å²) in [5.41, 5.74) is 5.29. The maximum Gasteiger partial charge on any atom is 0.129 e. The summed E-state index contributed by atoms with van der Waals surface area (Å²) in [6.07, 6.45) is 4.13. The molecule has 0 aliphatic carbocycles. The van der Waals surface area contributed by atoms with Gasteiger partial charge in [0.15, 0.2) is 0 Å². The molecule has 19 heavy (non-hydrogen) atoms. The molecule has 0 aliphatic rings. The lowest BCUT2D eigenvalue weighted by atomic mass is 9.99. The van der Waals surface area contributed by atoms with Crippen LogP contribution in [0.15, 0.2) is 36.9 Å². The van der Waals surface area contributed by atoms with Crippen LogP contribution in [0.4, 0.5) is 0 Å². The van der Waals surface area contributed by atoms with E-state index in [0.717, 1.165) is 30.4 Å². The van der Waals surface area contributed by atoms with Gasteiger partial charge in [-0.3, -0.25) is 0 Å². The summed E-state index contributed by atoms with van der Waals surface area (Å²) in [6.45, 7) is 10.4. The lowest BCUT2D eigenvalue weighted by molar-refractivity contribution is 0.164. The first-order valence-corrected chi connectivity index (χ1v) is 10.3. The van der Waals surface area contributed by atoms with Gasteiger partial charge in [-0.2, -0.15) is 0 Å². The van der Waals surface area contributed by atoms with Gasteiger partial charge in [-0.05, 0) is 30.9 Å². The summed E-state index contributed by atoms with van der Waals surface area (Å²) in [7, 11) is -1.38. The van der Waals surface area contributed by atoms with Gasteiger partial charge in [0, 0.05) is 5.56 Å². The molecule has 2 heteroatoms. The summed E-state index contributed by atoms with van der Waals surface area (Å²) in [4.78, 5) is 0. The molecule has 1 rings (SSSR count). The highest BCUT2D eigenvalue weighted by molar-refractivity contribution is 6.83. The molecule has 1 N–H and O–H groups in total. The third kappa shape index (κ3) is 5.91. The zero-order valence-electron chi connectivity index (χ0n) is 12.2. The van der Waals surface area contributed by atoms with Crippen LogP contribution in [0.3, 0.4) is 0 Å². The zero-order chi connectivity index (χ0) is 14.3. The van der Waals surface area contributed by atoms with Crippen molar-refractivity contribution in [2.75, 3.05) is 0 Å². The molecule has 0 radical (unpaired) electrons. The van der Waals surface area contributed by atoms with E-state index in [1.807, 2.05) is 30.3 Å². The maximum absolute atomic E-state index is 10.3. The average Bonchev–Trinajstić information content (AvgIpc) is 2.36. The predicted molar refractivity (Wildman–Crippen MR) is 85.7 cm³/mol. The molecule has 0 fully saturated rings. The van der Waals surface area contributed by atoms with Crippen LogP contribution in [0.5, 0.6) is 0 Å². The number of benzene rings is 1. The van der Waals surface area contributed by atoms with E-state index in [9.17, 15) is 5.11 Å². The van der Waals surface area contributed by atoms with E-state index < -0.39 is 14.2 Å². The van der Waals surface area contributed by atoms with Gasteiger partial charge in [0.25, 0.3) is 0 Å². The summed E-state index contributed by atoms with van der Waals surface area (Å²) >= 11 is 0. The molecular formula is C17H24OSi. The number of aliphatic hydroxyl groups excluding tert-OH is 1. The quantitative estimate of drug-likeness (QED) is 0.366. The lowest BCUT2D eigenvalue weighted by Gasteiger charge is -2.13. The predicted octanol–water partition coefficient (Wildman–Crippen LogP) is 4.31. The molecule has 1 unspecified atom stereocenters. The van der Waals surface area contributed by atoms with E-state index >= 15 is 0 Å². The van der Waals surface area contributed by atoms with Gasteiger partial charge in [-0.25, -0.2) is 0 Å². The molecule has 0 bridgehead atoms. The summed E-state index contributed by atoms with van der Waals surface area (Å²) in [6, 6.07) is 7.92. The van der Waals surface area contributed by atoms with Gasteiger partial charge in [0.2, 0.25) is 0 Å². The Labute approximate surface area is 118 Å². The van der Waals surface area contributed by atoms with Crippen molar-refractivity contribution in [2.45, 2.75) is 45.0 Å². The molecule has 0 aliphatic heterocycles. The average molecular weight is 272 g/mol. The number of allylic oxidation sites excluding steroid dienone is 1. The molecule has 0 spiro atoms. The minimum absolute atomic E-state index is 0.424. The van der Waals surface area contributed by atoms with Crippen molar-refractivity contribution in [3.63, 3.8) is 0 Å². The van der Waals surface area contributed by atoms with Crippen molar-refractivity contribution >= 4 is 8.07 Å². The van der Waals surface area contributed by atoms with Crippen LogP contribution in [0.25, 0.3) is 0 Å². The zero-order valence-corrected chi connectivity index (χ0v) is 13.2. The fourth-order valence-corrected chi connectivity index (χ4v) is 2.28. The smallest absolute Gasteiger partial charge is 0.129 e. The van der Waals surface area contributed by atoms with Crippen LogP contribution in [0, 0.1) is 11.5 Å². The summed E-state index contributed by atoms with van der Waals surface area (Å²) < 4.78 is 0. The molecule has 0 heterocycles. The molecule has 1 nitrogen and oxygen atoms in total. The van der Waals surface area contributed by atoms with Crippen molar-refractivity contribution in [2.24, 2.45) is 0 Å². The normalized spacial score (nSPS) is 12.4. The first-order chi connectivity index (χ1) is 8.94. The van der Waals surface area contributed by atoms with Crippen LogP contribution >= 0.6 is 0 Å². The second-order valence-electron chi connectivity index (χ2n) is 5.82. The second-order valence-corrected chi connectivity index (χ2v) is 10.6. The van der Waals surface area contributed by atoms with Gasteiger partial charge in [0.1, 0.15) is 8.07 Å². The van der Waals surface area contributed by atoms with E-state index in [0.29, 0.717) is 0 Å². The van der Waals surface area contributed by atoms with E-state index in [-0.39, 0.29) is 0 Å². The number of aliphatic hydroxyl groups is 1. The molecule has 102 valence electrons. The molecule has 0 aromatic heterocycles. The van der Waals surface area contributed by atoms with E-state index in [4.69, 9.17) is 0 Å². The molecule has 0 amide bonds. The molecule has 0 saturated heterocycles. The molecule has 0 saturated carbocycles. The molecule has 1 aromatic rings. The number of hydrogen-bond donors (Lipinski definition) is 1. The molecular weight excluding hydrogens is 248 g/mol. The Morgan fingerprint density at radius 3 is 2.63 bits per heavy atom. The Morgan fingerprint density at radius 2 is 2.00 bits per heavy atom. The van der Waals surface area contributed by atoms with Crippen molar-refractivity contribution in [1.82, 2.24) is 0 Å². The fraction of sp³-hybridized carbons (Fsp3) is 0.412. The highest BCUT2D eigenvalue weighted by Crippen LogP contribution is 2.22. The second kappa shape index (κ2) is 7.33. The van der Waals surface area contributed by atoms with Crippen LogP contribution in [0.2, 0.25) is 19.6 Å². The first-order valence-electron chi connectivity index (χ1n) is 6.85. The van der Waals surface area contributed by atoms with E-state index in [2.05, 4.69) is 37.7 Å². The van der Waals surface area contributed by atoms with Crippen molar-refractivity contribution in [3.8, 4) is 11.5 Å². The van der Waals surface area contributed by atoms with Gasteiger partial charge in [0.05, 0.1) is 6.10 Å². The Morgan fingerprint density at radius 1 is 1.32 bits per heavy atom. The Kier molecular flexibility index (Phi) is 6.07. The van der Waals surface area contributed by atoms with Gasteiger partial charge >= 0.3 is 0 Å². The molecule has 1 aromatic carbocycles. The maximum atomic E-state index is 10.3. The van der Waals surface area contributed by atoms with Crippen molar-refractivity contribution < 1.29 is 5.11 Å². The van der Waals surface area contributed by atoms with E-state index in [1.165, 1.54) is 0 Å². The van der Waals surface area contributed by atoms with Crippen LogP contribution in [-0.2, 0) is 0 Å². The van der Waals surface area contributed by atoms with Crippen LogP contribution < -0.4 is 0 Å². The highest BCUT2D eigenvalue weighted by Gasteiger charge is 2.12. The monoisotopic (exact) mass is 272 g/mol. The third-order valence-electron chi connectivity index (χ3n) is 2.78. The summed E-state index contributed by atoms with van der Waals surface area (Å²) in [5, 5.41) is 10.3. The SMILES string of the molecule is C=CCCCC(O)c1ccccc1C#C[Si](C)(C)C. The highest BCUT2D eigenvalue weighted by atomic mass is 28.3. The van der Waals surface area contributed by atoms with Crippen molar-refractivity contribution in [3.05, 3.63) is 48.0 Å². The minimum atomic E-state index is -1.38. The molecule has 1 atom stereocenters. The van der Waals surface area contributed by atoms with Gasteiger partial charge in [-0.15, -0.1) is 12.1 Å². The minimum Gasteiger partial charge on any atom is -0.388 e. The van der Waals surface area contributed by atoms with Crippen LogP contribution in [0.1, 0.15) is 36.5 Å². The standard InChI is InChI=1S/C17H24OSi/c1-5-6-7-12-17(18)16-11-9-8-10-15(16)13-14-19(2,3)4/h5,8-11,17-18H,1,6-7,12H2,2-4H3. The van der Waals surface area contributed by atoms with Gasteiger partial charge < -0.3 is 5.11 Å². The third-order valence-corrected chi connectivity index (χ3v) is 3.65. The number of rotatable bonds is 5. The van der Waals surface area contributed by atoms with Crippen molar-refractivity contribution in [1.29, 1.82) is 0 Å². The first kappa shape index (κ1) is 15.8. The fourth-order valence-electron chi connectivity index (χ4n) is 1.77. The Balaban J connectivity index is 2.88.